The Morgan fingerprint density at radius 1 is 1.29 bits per heavy atom. The second-order valence-electron chi connectivity index (χ2n) is 6.41. The number of hydrogen-bond donors (Lipinski definition) is 1. The molecule has 1 aliphatic rings. The van der Waals surface area contributed by atoms with Crippen LogP contribution in [0, 0.1) is 11.7 Å². The van der Waals surface area contributed by atoms with Gasteiger partial charge in [0.15, 0.2) is 0 Å². The Balaban J connectivity index is 1.83. The van der Waals surface area contributed by atoms with Crippen molar-refractivity contribution in [3.8, 4) is 0 Å². The average molecular weight is 292 g/mol. The van der Waals surface area contributed by atoms with Crippen LogP contribution < -0.4 is 5.32 Å². The molecule has 21 heavy (non-hydrogen) atoms. The Morgan fingerprint density at radius 3 is 2.62 bits per heavy atom. The molecule has 0 radical (unpaired) electrons. The van der Waals surface area contributed by atoms with Gasteiger partial charge in [-0.1, -0.05) is 19.1 Å². The monoisotopic (exact) mass is 292 g/mol. The first-order valence-electron chi connectivity index (χ1n) is 8.34. The Kier molecular flexibility index (Phi) is 6.19. The third-order valence-corrected chi connectivity index (χ3v) is 4.74. The maximum atomic E-state index is 13.3. The molecule has 0 bridgehead atoms. The van der Waals surface area contributed by atoms with E-state index in [1.165, 1.54) is 45.0 Å². The van der Waals surface area contributed by atoms with Crippen LogP contribution in [0.2, 0.25) is 0 Å². The zero-order chi connectivity index (χ0) is 15.2. The van der Waals surface area contributed by atoms with Crippen LogP contribution in [0.1, 0.15) is 51.6 Å². The molecule has 2 nitrogen and oxygen atoms in total. The number of piperidine rings is 1. The fourth-order valence-electron chi connectivity index (χ4n) is 3.40. The molecule has 1 saturated heterocycles. The number of halogens is 1. The van der Waals surface area contributed by atoms with E-state index in [9.17, 15) is 4.39 Å². The molecule has 118 valence electrons. The third kappa shape index (κ3) is 4.79. The van der Waals surface area contributed by atoms with Gasteiger partial charge in [0.25, 0.3) is 0 Å². The molecule has 0 saturated carbocycles. The highest BCUT2D eigenvalue weighted by Crippen LogP contribution is 2.23. The first kappa shape index (κ1) is 16.4. The topological polar surface area (TPSA) is 15.3 Å². The van der Waals surface area contributed by atoms with Crippen LogP contribution >= 0.6 is 0 Å². The zero-order valence-corrected chi connectivity index (χ0v) is 13.6. The summed E-state index contributed by atoms with van der Waals surface area (Å²) in [4.78, 5) is 2.57. The van der Waals surface area contributed by atoms with Crippen molar-refractivity contribution < 1.29 is 4.39 Å². The fourth-order valence-corrected chi connectivity index (χ4v) is 3.40. The van der Waals surface area contributed by atoms with Gasteiger partial charge in [0, 0.05) is 12.1 Å². The normalized spacial score (nSPS) is 20.4. The highest BCUT2D eigenvalue weighted by Gasteiger charge is 2.24. The van der Waals surface area contributed by atoms with Crippen molar-refractivity contribution >= 4 is 0 Å². The number of benzene rings is 1. The minimum atomic E-state index is -0.151. The summed E-state index contributed by atoms with van der Waals surface area (Å²) in [5.41, 5.74) is 1.03. The van der Waals surface area contributed by atoms with Gasteiger partial charge in [0.05, 0.1) is 0 Å². The molecule has 1 heterocycles. The van der Waals surface area contributed by atoms with Gasteiger partial charge in [-0.05, 0) is 76.4 Å². The van der Waals surface area contributed by atoms with E-state index in [-0.39, 0.29) is 11.9 Å². The van der Waals surface area contributed by atoms with Gasteiger partial charge in [-0.25, -0.2) is 4.39 Å². The van der Waals surface area contributed by atoms with Gasteiger partial charge in [-0.3, -0.25) is 0 Å². The molecular weight excluding hydrogens is 263 g/mol. The van der Waals surface area contributed by atoms with E-state index < -0.39 is 0 Å². The first-order valence-corrected chi connectivity index (χ1v) is 8.34. The average Bonchev–Trinajstić information content (AvgIpc) is 2.48. The van der Waals surface area contributed by atoms with Gasteiger partial charge in [-0.15, -0.1) is 0 Å². The van der Waals surface area contributed by atoms with E-state index in [2.05, 4.69) is 31.0 Å². The highest BCUT2D eigenvalue weighted by molar-refractivity contribution is 5.19. The van der Waals surface area contributed by atoms with Crippen LogP contribution in [-0.4, -0.2) is 30.6 Å². The second-order valence-corrected chi connectivity index (χ2v) is 6.41. The molecule has 2 rings (SSSR count). The molecule has 2 atom stereocenters. The van der Waals surface area contributed by atoms with Gasteiger partial charge in [0.2, 0.25) is 0 Å². The van der Waals surface area contributed by atoms with E-state index in [1.807, 2.05) is 6.07 Å². The van der Waals surface area contributed by atoms with E-state index in [1.54, 1.807) is 12.1 Å². The maximum absolute atomic E-state index is 13.3. The van der Waals surface area contributed by atoms with E-state index in [4.69, 9.17) is 0 Å². The molecule has 0 spiro atoms. The standard InChI is InChI=1S/C18H29FN2/c1-4-10-21-11-8-16(9-12-21)14(2)20-15(3)17-6-5-7-18(19)13-17/h5-7,13-16,20H,4,8-12H2,1-3H3/t14?,15-/m1/s1. The van der Waals surface area contributed by atoms with Crippen LogP contribution in [0.3, 0.4) is 0 Å². The van der Waals surface area contributed by atoms with Gasteiger partial charge >= 0.3 is 0 Å². The van der Waals surface area contributed by atoms with Gasteiger partial charge < -0.3 is 10.2 Å². The molecule has 0 amide bonds. The Labute approximate surface area is 128 Å². The molecule has 0 aromatic heterocycles. The highest BCUT2D eigenvalue weighted by atomic mass is 19.1. The summed E-state index contributed by atoms with van der Waals surface area (Å²) in [6, 6.07) is 7.60. The molecule has 1 N–H and O–H groups in total. The summed E-state index contributed by atoms with van der Waals surface area (Å²) >= 11 is 0. The number of hydrogen-bond acceptors (Lipinski definition) is 2. The lowest BCUT2D eigenvalue weighted by molar-refractivity contribution is 0.159. The smallest absolute Gasteiger partial charge is 0.123 e. The summed E-state index contributed by atoms with van der Waals surface area (Å²) in [6.45, 7) is 10.3. The van der Waals surface area contributed by atoms with Crippen molar-refractivity contribution in [2.45, 2.75) is 52.1 Å². The number of likely N-dealkylation sites (tertiary alicyclic amines) is 1. The summed E-state index contributed by atoms with van der Waals surface area (Å²) in [7, 11) is 0. The Morgan fingerprint density at radius 2 is 2.00 bits per heavy atom. The van der Waals surface area contributed by atoms with Gasteiger partial charge in [-0.2, -0.15) is 0 Å². The molecule has 1 aromatic rings. The van der Waals surface area contributed by atoms with Crippen molar-refractivity contribution in [2.75, 3.05) is 19.6 Å². The molecule has 3 heteroatoms. The Hall–Kier alpha value is -0.930. The minimum Gasteiger partial charge on any atom is -0.307 e. The lowest BCUT2D eigenvalue weighted by atomic mass is 9.89. The van der Waals surface area contributed by atoms with Crippen molar-refractivity contribution in [1.82, 2.24) is 10.2 Å². The van der Waals surface area contributed by atoms with Crippen LogP contribution in [0.15, 0.2) is 24.3 Å². The van der Waals surface area contributed by atoms with Crippen LogP contribution in [-0.2, 0) is 0 Å². The van der Waals surface area contributed by atoms with Crippen LogP contribution in [0.25, 0.3) is 0 Å². The summed E-state index contributed by atoms with van der Waals surface area (Å²) in [5.74, 6) is 0.579. The molecular formula is C18H29FN2. The summed E-state index contributed by atoms with van der Waals surface area (Å²) in [5, 5.41) is 3.65. The SMILES string of the molecule is CCCN1CCC(C(C)N[C@H](C)c2cccc(F)c2)CC1. The number of rotatable bonds is 6. The zero-order valence-electron chi connectivity index (χ0n) is 13.6. The molecule has 1 aromatic carbocycles. The van der Waals surface area contributed by atoms with Crippen molar-refractivity contribution in [1.29, 1.82) is 0 Å². The Bertz CT molecular complexity index is 427. The lowest BCUT2D eigenvalue weighted by Gasteiger charge is -2.36. The maximum Gasteiger partial charge on any atom is 0.123 e. The van der Waals surface area contributed by atoms with Crippen molar-refractivity contribution in [3.05, 3.63) is 35.6 Å². The van der Waals surface area contributed by atoms with Crippen LogP contribution in [0.5, 0.6) is 0 Å². The van der Waals surface area contributed by atoms with Crippen molar-refractivity contribution in [3.63, 3.8) is 0 Å². The molecule has 1 aliphatic heterocycles. The quantitative estimate of drug-likeness (QED) is 0.853. The number of nitrogens with zero attached hydrogens (tertiary/aromatic N) is 1. The van der Waals surface area contributed by atoms with Gasteiger partial charge in [0.1, 0.15) is 5.82 Å². The van der Waals surface area contributed by atoms with E-state index in [0.717, 1.165) is 11.5 Å². The number of nitrogens with one attached hydrogen (secondary N) is 1. The molecule has 0 aliphatic carbocycles. The summed E-state index contributed by atoms with van der Waals surface area (Å²) < 4.78 is 13.3. The van der Waals surface area contributed by atoms with Crippen molar-refractivity contribution in [2.24, 2.45) is 5.92 Å². The van der Waals surface area contributed by atoms with E-state index >= 15 is 0 Å². The lowest BCUT2D eigenvalue weighted by Crippen LogP contribution is -2.42. The third-order valence-electron chi connectivity index (χ3n) is 4.74. The second kappa shape index (κ2) is 7.90. The molecule has 1 fully saturated rings. The molecule has 1 unspecified atom stereocenters. The van der Waals surface area contributed by atoms with E-state index in [0.29, 0.717) is 6.04 Å². The van der Waals surface area contributed by atoms with Crippen LogP contribution in [0.4, 0.5) is 4.39 Å². The fraction of sp³-hybridized carbons (Fsp3) is 0.667. The summed E-state index contributed by atoms with van der Waals surface area (Å²) in [6.07, 6.45) is 3.78. The first-order chi connectivity index (χ1) is 10.1. The predicted octanol–water partition coefficient (Wildman–Crippen LogP) is 3.99. The predicted molar refractivity (Wildman–Crippen MR) is 86.9 cm³/mol. The largest absolute Gasteiger partial charge is 0.307 e. The minimum absolute atomic E-state index is 0.151.